The molecule has 178 valence electrons. The third-order valence-corrected chi connectivity index (χ3v) is 6.03. The van der Waals surface area contributed by atoms with Gasteiger partial charge in [0.2, 0.25) is 0 Å². The zero-order chi connectivity index (χ0) is 24.6. The van der Waals surface area contributed by atoms with E-state index in [1.165, 1.54) is 19.3 Å². The van der Waals surface area contributed by atoms with Gasteiger partial charge in [0.15, 0.2) is 0 Å². The molecule has 3 aromatic rings. The molecule has 0 spiro atoms. The minimum atomic E-state index is -1.44. The van der Waals surface area contributed by atoms with Crippen molar-refractivity contribution >= 4 is 11.6 Å². The predicted octanol–water partition coefficient (Wildman–Crippen LogP) is 3.78. The Morgan fingerprint density at radius 3 is 2.53 bits per heavy atom. The molecule has 10 heteroatoms. The average molecular weight is 473 g/mol. The quantitative estimate of drug-likeness (QED) is 0.533. The lowest BCUT2D eigenvalue weighted by molar-refractivity contribution is -0.215. The van der Waals surface area contributed by atoms with Crippen LogP contribution in [0.5, 0.6) is 0 Å². The summed E-state index contributed by atoms with van der Waals surface area (Å²) in [5.41, 5.74) is -2.31. The lowest BCUT2D eigenvalue weighted by Gasteiger charge is -2.43. The van der Waals surface area contributed by atoms with E-state index in [2.05, 4.69) is 15.3 Å². The van der Waals surface area contributed by atoms with Gasteiger partial charge in [-0.3, -0.25) is 9.78 Å². The fourth-order valence-corrected chi connectivity index (χ4v) is 3.80. The van der Waals surface area contributed by atoms with E-state index in [1.54, 1.807) is 13.0 Å². The Balaban J connectivity index is 1.63. The molecule has 2 aromatic heterocycles. The highest BCUT2D eigenvalue weighted by Gasteiger charge is 2.44. The molecular weight excluding hydrogens is 451 g/mol. The molecule has 1 aliphatic heterocycles. The zero-order valence-electron chi connectivity index (χ0n) is 18.3. The number of benzene rings is 1. The van der Waals surface area contributed by atoms with Crippen LogP contribution in [-0.2, 0) is 4.74 Å². The number of carbonyl (C=O) groups is 1. The Hall–Kier alpha value is -3.34. The molecule has 0 saturated carbocycles. The summed E-state index contributed by atoms with van der Waals surface area (Å²) in [6.45, 7) is 3.10. The molecular formula is C24H22F3N3O4. The van der Waals surface area contributed by atoms with Crippen molar-refractivity contribution in [2.45, 2.75) is 44.2 Å². The van der Waals surface area contributed by atoms with Crippen molar-refractivity contribution in [3.63, 3.8) is 0 Å². The van der Waals surface area contributed by atoms with Crippen LogP contribution >= 0.6 is 0 Å². The molecule has 0 bridgehead atoms. The van der Waals surface area contributed by atoms with Gasteiger partial charge in [0, 0.05) is 18.2 Å². The molecule has 0 radical (unpaired) electrons. The molecule has 7 nitrogen and oxygen atoms in total. The second kappa shape index (κ2) is 9.13. The minimum Gasteiger partial charge on any atom is -0.390 e. The number of pyridine rings is 2. The molecule has 3 heterocycles. The third kappa shape index (κ3) is 4.39. The highest BCUT2D eigenvalue weighted by Crippen LogP contribution is 2.39. The predicted molar refractivity (Wildman–Crippen MR) is 116 cm³/mol. The topological polar surface area (TPSA) is 105 Å². The van der Waals surface area contributed by atoms with Gasteiger partial charge in [-0.15, -0.1) is 0 Å². The summed E-state index contributed by atoms with van der Waals surface area (Å²) < 4.78 is 48.5. The summed E-state index contributed by atoms with van der Waals surface area (Å²) in [7, 11) is 0. The molecule has 4 rings (SSSR count). The van der Waals surface area contributed by atoms with Gasteiger partial charge in [0.25, 0.3) is 5.91 Å². The number of nitrogens with zero attached hydrogens (tertiary/aromatic N) is 2. The molecule has 0 aliphatic carbocycles. The van der Waals surface area contributed by atoms with E-state index in [0.717, 1.165) is 30.3 Å². The Morgan fingerprint density at radius 2 is 1.85 bits per heavy atom. The number of hydrogen-bond acceptors (Lipinski definition) is 6. The highest BCUT2D eigenvalue weighted by atomic mass is 19.1. The number of aliphatic hydroxyl groups is 2. The first-order chi connectivity index (χ1) is 16.1. The van der Waals surface area contributed by atoms with Crippen molar-refractivity contribution in [3.8, 4) is 11.3 Å². The van der Waals surface area contributed by atoms with Crippen molar-refractivity contribution in [2.24, 2.45) is 0 Å². The Kier molecular flexibility index (Phi) is 6.39. The van der Waals surface area contributed by atoms with E-state index >= 15 is 0 Å². The summed E-state index contributed by atoms with van der Waals surface area (Å²) in [6, 6.07) is 6.64. The summed E-state index contributed by atoms with van der Waals surface area (Å²) in [5, 5.41) is 23.3. The van der Waals surface area contributed by atoms with Crippen molar-refractivity contribution in [3.05, 3.63) is 77.5 Å². The van der Waals surface area contributed by atoms with Gasteiger partial charge in [-0.1, -0.05) is 6.07 Å². The van der Waals surface area contributed by atoms with Crippen molar-refractivity contribution in [2.75, 3.05) is 5.32 Å². The monoisotopic (exact) mass is 473 g/mol. The van der Waals surface area contributed by atoms with E-state index in [9.17, 15) is 28.2 Å². The fraction of sp³-hybridized carbons (Fsp3) is 0.292. The van der Waals surface area contributed by atoms with Gasteiger partial charge >= 0.3 is 0 Å². The number of nitrogens with one attached hydrogen (secondary N) is 1. The maximum Gasteiger partial charge on any atom is 0.274 e. The first-order valence-electron chi connectivity index (χ1n) is 10.5. The summed E-state index contributed by atoms with van der Waals surface area (Å²) >= 11 is 0. The molecule has 1 saturated heterocycles. The maximum atomic E-state index is 14.4. The molecule has 1 fully saturated rings. The molecule has 1 aromatic carbocycles. The molecule has 1 aliphatic rings. The lowest BCUT2D eigenvalue weighted by atomic mass is 9.84. The largest absolute Gasteiger partial charge is 0.390 e. The Labute approximate surface area is 193 Å². The molecule has 3 N–H and O–H groups in total. The van der Waals surface area contributed by atoms with Crippen LogP contribution in [0.3, 0.4) is 0 Å². The number of ether oxygens (including phenoxy) is 1. The lowest BCUT2D eigenvalue weighted by Crippen LogP contribution is -2.54. The number of anilines is 1. The van der Waals surface area contributed by atoms with Crippen LogP contribution in [0, 0.1) is 17.5 Å². The van der Waals surface area contributed by atoms with Gasteiger partial charge in [0.1, 0.15) is 34.4 Å². The summed E-state index contributed by atoms with van der Waals surface area (Å²) in [5.74, 6) is -3.80. The van der Waals surface area contributed by atoms with Crippen LogP contribution in [0.4, 0.5) is 18.9 Å². The van der Waals surface area contributed by atoms with Gasteiger partial charge in [-0.2, -0.15) is 0 Å². The van der Waals surface area contributed by atoms with Gasteiger partial charge in [0.05, 0.1) is 35.8 Å². The standard InChI is InChI=1S/C24H22F3N3O4/c1-12-24(2,33)20(31)10-19(34-12)13-8-9-28-11-18(13)30-23(32)17-7-6-16(27)22(29-17)21-14(25)4-3-5-15(21)26/h3-9,11-12,19-20,31,33H,10H2,1-2H3,(H,30,32)/t12-,19-,20-,24-/m0/s1. The number of carbonyl (C=O) groups excluding carboxylic acids is 1. The fourth-order valence-electron chi connectivity index (χ4n) is 3.80. The molecule has 34 heavy (non-hydrogen) atoms. The van der Waals surface area contributed by atoms with Crippen LogP contribution in [0.2, 0.25) is 0 Å². The second-order valence-corrected chi connectivity index (χ2v) is 8.28. The van der Waals surface area contributed by atoms with E-state index in [4.69, 9.17) is 4.74 Å². The van der Waals surface area contributed by atoms with Crippen LogP contribution in [0.15, 0.2) is 48.8 Å². The maximum absolute atomic E-state index is 14.4. The van der Waals surface area contributed by atoms with E-state index in [-0.39, 0.29) is 17.8 Å². The summed E-state index contributed by atoms with van der Waals surface area (Å²) in [4.78, 5) is 20.8. The smallest absolute Gasteiger partial charge is 0.274 e. The number of aromatic nitrogens is 2. The SMILES string of the molecule is C[C@@H]1O[C@H](c2ccncc2NC(=O)c2ccc(F)c(-c3c(F)cccc3F)n2)C[C@H](O)[C@@]1(C)O. The minimum absolute atomic E-state index is 0.0652. The number of amides is 1. The molecule has 4 atom stereocenters. The van der Waals surface area contributed by atoms with Crippen molar-refractivity contribution in [1.82, 2.24) is 9.97 Å². The van der Waals surface area contributed by atoms with Gasteiger partial charge < -0.3 is 20.3 Å². The van der Waals surface area contributed by atoms with E-state index in [1.807, 2.05) is 0 Å². The number of rotatable bonds is 4. The van der Waals surface area contributed by atoms with E-state index < -0.39 is 58.5 Å². The highest BCUT2D eigenvalue weighted by molar-refractivity contribution is 6.03. The number of halogens is 3. The van der Waals surface area contributed by atoms with Crippen molar-refractivity contribution < 1.29 is 32.9 Å². The first-order valence-corrected chi connectivity index (χ1v) is 10.5. The van der Waals surface area contributed by atoms with Crippen LogP contribution < -0.4 is 5.32 Å². The Bertz CT molecular complexity index is 1200. The molecule has 1 amide bonds. The first kappa shape index (κ1) is 23.8. The van der Waals surface area contributed by atoms with Crippen LogP contribution in [0.25, 0.3) is 11.3 Å². The normalized spacial score (nSPS) is 24.6. The number of aliphatic hydroxyl groups excluding tert-OH is 1. The van der Waals surface area contributed by atoms with Crippen LogP contribution in [-0.4, -0.2) is 43.9 Å². The van der Waals surface area contributed by atoms with Gasteiger partial charge in [-0.05, 0) is 44.2 Å². The van der Waals surface area contributed by atoms with Gasteiger partial charge in [-0.25, -0.2) is 18.2 Å². The van der Waals surface area contributed by atoms with Crippen LogP contribution in [0.1, 0.15) is 42.4 Å². The molecule has 0 unspecified atom stereocenters. The van der Waals surface area contributed by atoms with E-state index in [0.29, 0.717) is 5.56 Å². The Morgan fingerprint density at radius 1 is 1.15 bits per heavy atom. The summed E-state index contributed by atoms with van der Waals surface area (Å²) in [6.07, 6.45) is 0.474. The third-order valence-electron chi connectivity index (χ3n) is 6.03. The number of hydrogen-bond donors (Lipinski definition) is 3. The average Bonchev–Trinajstić information content (AvgIpc) is 2.79. The zero-order valence-corrected chi connectivity index (χ0v) is 18.3. The van der Waals surface area contributed by atoms with Crippen molar-refractivity contribution in [1.29, 1.82) is 0 Å². The second-order valence-electron chi connectivity index (χ2n) is 8.28.